The molecule has 2 heterocycles. The molecule has 1 aromatic heterocycles. The van der Waals surface area contributed by atoms with Gasteiger partial charge < -0.3 is 19.3 Å². The summed E-state index contributed by atoms with van der Waals surface area (Å²) in [5, 5.41) is 7.07. The van der Waals surface area contributed by atoms with Crippen LogP contribution in [0.4, 0.5) is 0 Å². The average molecular weight is 392 g/mol. The van der Waals surface area contributed by atoms with Crippen LogP contribution in [-0.4, -0.2) is 30.3 Å². The fourth-order valence-corrected chi connectivity index (χ4v) is 3.32. The molecule has 0 fully saturated rings. The van der Waals surface area contributed by atoms with Gasteiger partial charge in [0.2, 0.25) is 5.91 Å². The van der Waals surface area contributed by atoms with Crippen LogP contribution in [0, 0.1) is 0 Å². The fraction of sp³-hybridized carbons (Fsp3) is 0.304. The Labute approximate surface area is 169 Å². The number of carbonyl (C=O) groups is 1. The molecule has 0 saturated carbocycles. The third kappa shape index (κ3) is 4.96. The minimum Gasteiger partial charge on any atom is -0.486 e. The van der Waals surface area contributed by atoms with Gasteiger partial charge in [-0.05, 0) is 43.5 Å². The molecule has 1 N–H and O–H groups in total. The van der Waals surface area contributed by atoms with E-state index in [1.807, 2.05) is 43.3 Å². The molecule has 6 heteroatoms. The lowest BCUT2D eigenvalue weighted by molar-refractivity contribution is -0.121. The molecule has 0 bridgehead atoms. The van der Waals surface area contributed by atoms with Crippen LogP contribution in [0.15, 0.2) is 59.1 Å². The molecule has 0 spiro atoms. The number of hydrogen-bond donors (Lipinski definition) is 1. The molecule has 29 heavy (non-hydrogen) atoms. The van der Waals surface area contributed by atoms with E-state index in [0.717, 1.165) is 24.2 Å². The second-order valence-electron chi connectivity index (χ2n) is 7.21. The van der Waals surface area contributed by atoms with Crippen molar-refractivity contribution in [1.82, 2.24) is 10.5 Å². The van der Waals surface area contributed by atoms with E-state index < -0.39 is 0 Å². The van der Waals surface area contributed by atoms with E-state index in [1.165, 1.54) is 5.56 Å². The van der Waals surface area contributed by atoms with E-state index in [9.17, 15) is 4.79 Å². The van der Waals surface area contributed by atoms with Crippen molar-refractivity contribution in [3.05, 3.63) is 65.9 Å². The molecule has 1 atom stereocenters. The Morgan fingerprint density at radius 1 is 1.07 bits per heavy atom. The zero-order valence-corrected chi connectivity index (χ0v) is 16.4. The molecule has 0 aliphatic carbocycles. The number of benzene rings is 2. The average Bonchev–Trinajstić information content (AvgIpc) is 3.21. The van der Waals surface area contributed by atoms with Crippen LogP contribution in [0.1, 0.15) is 24.6 Å². The van der Waals surface area contributed by atoms with Gasteiger partial charge in [-0.2, -0.15) is 0 Å². The van der Waals surface area contributed by atoms with Gasteiger partial charge in [0.1, 0.15) is 13.2 Å². The smallest absolute Gasteiger partial charge is 0.226 e. The number of rotatable bonds is 7. The molecule has 6 nitrogen and oxygen atoms in total. The molecule has 1 unspecified atom stereocenters. The second-order valence-corrected chi connectivity index (χ2v) is 7.21. The standard InChI is InChI=1S/C23H24N2O4/c1-16(7-8-17-5-3-2-4-6-17)24-23(26)15-19-14-21(29-25-19)18-9-10-20-22(13-18)28-12-11-27-20/h2-6,9-10,13-14,16H,7-8,11-12,15H2,1H3,(H,24,26). The van der Waals surface area contributed by atoms with E-state index >= 15 is 0 Å². The number of fused-ring (bicyclic) bond motifs is 1. The number of aromatic nitrogens is 1. The Kier molecular flexibility index (Phi) is 5.79. The summed E-state index contributed by atoms with van der Waals surface area (Å²) < 4.78 is 16.6. The first kappa shape index (κ1) is 19.1. The van der Waals surface area contributed by atoms with Crippen LogP contribution in [0.25, 0.3) is 11.3 Å². The highest BCUT2D eigenvalue weighted by Crippen LogP contribution is 2.34. The van der Waals surface area contributed by atoms with Crippen molar-refractivity contribution >= 4 is 5.91 Å². The Bertz CT molecular complexity index is 968. The van der Waals surface area contributed by atoms with Gasteiger partial charge in [0.25, 0.3) is 0 Å². The monoisotopic (exact) mass is 392 g/mol. The van der Waals surface area contributed by atoms with Gasteiger partial charge in [0.15, 0.2) is 17.3 Å². The molecule has 1 amide bonds. The van der Waals surface area contributed by atoms with Crippen molar-refractivity contribution < 1.29 is 18.8 Å². The van der Waals surface area contributed by atoms with E-state index in [-0.39, 0.29) is 18.4 Å². The van der Waals surface area contributed by atoms with Crippen LogP contribution in [0.5, 0.6) is 11.5 Å². The highest BCUT2D eigenvalue weighted by Gasteiger charge is 2.16. The molecule has 2 aromatic carbocycles. The predicted octanol–water partition coefficient (Wildman–Crippen LogP) is 3.79. The second kappa shape index (κ2) is 8.82. The minimum absolute atomic E-state index is 0.0624. The van der Waals surface area contributed by atoms with Crippen molar-refractivity contribution in [3.8, 4) is 22.8 Å². The summed E-state index contributed by atoms with van der Waals surface area (Å²) in [5.41, 5.74) is 2.71. The van der Waals surface area contributed by atoms with Crippen molar-refractivity contribution in [3.63, 3.8) is 0 Å². The van der Waals surface area contributed by atoms with Crippen molar-refractivity contribution in [2.45, 2.75) is 32.2 Å². The van der Waals surface area contributed by atoms with Gasteiger partial charge in [-0.25, -0.2) is 0 Å². The van der Waals surface area contributed by atoms with Gasteiger partial charge >= 0.3 is 0 Å². The van der Waals surface area contributed by atoms with Gasteiger partial charge in [-0.15, -0.1) is 0 Å². The zero-order chi connectivity index (χ0) is 20.1. The first-order chi connectivity index (χ1) is 14.2. The normalized spacial score (nSPS) is 13.7. The topological polar surface area (TPSA) is 73.6 Å². The van der Waals surface area contributed by atoms with E-state index in [2.05, 4.69) is 22.6 Å². The van der Waals surface area contributed by atoms with E-state index in [0.29, 0.717) is 30.4 Å². The molecule has 150 valence electrons. The number of nitrogens with one attached hydrogen (secondary N) is 1. The lowest BCUT2D eigenvalue weighted by Crippen LogP contribution is -2.34. The first-order valence-corrected chi connectivity index (χ1v) is 9.86. The molecular weight excluding hydrogens is 368 g/mol. The van der Waals surface area contributed by atoms with Crippen LogP contribution in [0.2, 0.25) is 0 Å². The molecule has 4 rings (SSSR count). The summed E-state index contributed by atoms with van der Waals surface area (Å²) in [7, 11) is 0. The van der Waals surface area contributed by atoms with Crippen LogP contribution < -0.4 is 14.8 Å². The number of ether oxygens (including phenoxy) is 2. The van der Waals surface area contributed by atoms with Gasteiger partial charge in [-0.1, -0.05) is 35.5 Å². The van der Waals surface area contributed by atoms with Crippen molar-refractivity contribution in [1.29, 1.82) is 0 Å². The quantitative estimate of drug-likeness (QED) is 0.662. The van der Waals surface area contributed by atoms with E-state index in [4.69, 9.17) is 14.0 Å². The summed E-state index contributed by atoms with van der Waals surface area (Å²) >= 11 is 0. The molecule has 1 aliphatic heterocycles. The summed E-state index contributed by atoms with van der Waals surface area (Å²) in [5.74, 6) is 1.95. The number of aryl methyl sites for hydroxylation is 1. The van der Waals surface area contributed by atoms with Gasteiger partial charge in [0.05, 0.1) is 12.1 Å². The predicted molar refractivity (Wildman–Crippen MR) is 109 cm³/mol. The van der Waals surface area contributed by atoms with Crippen LogP contribution in [-0.2, 0) is 17.6 Å². The maximum atomic E-state index is 12.3. The maximum Gasteiger partial charge on any atom is 0.226 e. The number of hydrogen-bond acceptors (Lipinski definition) is 5. The molecule has 0 saturated heterocycles. The molecule has 0 radical (unpaired) electrons. The maximum absolute atomic E-state index is 12.3. The Morgan fingerprint density at radius 3 is 2.69 bits per heavy atom. The molecule has 3 aromatic rings. The van der Waals surface area contributed by atoms with E-state index in [1.54, 1.807) is 6.07 Å². The van der Waals surface area contributed by atoms with Crippen LogP contribution >= 0.6 is 0 Å². The van der Waals surface area contributed by atoms with Gasteiger partial charge in [-0.3, -0.25) is 4.79 Å². The van der Waals surface area contributed by atoms with Crippen molar-refractivity contribution in [2.24, 2.45) is 0 Å². The fourth-order valence-electron chi connectivity index (χ4n) is 3.32. The molecular formula is C23H24N2O4. The minimum atomic E-state index is -0.0624. The number of nitrogens with zero attached hydrogens (tertiary/aromatic N) is 1. The van der Waals surface area contributed by atoms with Crippen molar-refractivity contribution in [2.75, 3.05) is 13.2 Å². The largest absolute Gasteiger partial charge is 0.486 e. The lowest BCUT2D eigenvalue weighted by atomic mass is 10.1. The number of amides is 1. The summed E-state index contributed by atoms with van der Waals surface area (Å²) in [4.78, 5) is 12.3. The highest BCUT2D eigenvalue weighted by atomic mass is 16.6. The third-order valence-corrected chi connectivity index (χ3v) is 4.84. The third-order valence-electron chi connectivity index (χ3n) is 4.84. The first-order valence-electron chi connectivity index (χ1n) is 9.86. The summed E-state index contributed by atoms with van der Waals surface area (Å²) in [6.45, 7) is 3.10. The Hall–Kier alpha value is -3.28. The summed E-state index contributed by atoms with van der Waals surface area (Å²) in [6.07, 6.45) is 2.00. The Balaban J connectivity index is 1.31. The highest BCUT2D eigenvalue weighted by molar-refractivity contribution is 5.78. The lowest BCUT2D eigenvalue weighted by Gasteiger charge is -2.18. The van der Waals surface area contributed by atoms with Crippen LogP contribution in [0.3, 0.4) is 0 Å². The summed E-state index contributed by atoms with van der Waals surface area (Å²) in [6, 6.07) is 17.8. The Morgan fingerprint density at radius 2 is 1.86 bits per heavy atom. The van der Waals surface area contributed by atoms with Gasteiger partial charge in [0, 0.05) is 17.7 Å². The number of carbonyl (C=O) groups excluding carboxylic acids is 1. The SMILES string of the molecule is CC(CCc1ccccc1)NC(=O)Cc1cc(-c2ccc3c(c2)OCCO3)on1. The zero-order valence-electron chi connectivity index (χ0n) is 16.4. The molecule has 1 aliphatic rings.